The molecule has 2 N–H and O–H groups in total. The summed E-state index contributed by atoms with van der Waals surface area (Å²) >= 11 is 3.26. The van der Waals surface area contributed by atoms with E-state index < -0.39 is 0 Å². The number of nitrogens with two attached hydrogens (primary N) is 1. The van der Waals surface area contributed by atoms with Crippen LogP contribution in [0.5, 0.6) is 0 Å². The lowest BCUT2D eigenvalue weighted by Gasteiger charge is -2.07. The molecule has 0 aliphatic carbocycles. The molecule has 4 nitrogen and oxygen atoms in total. The zero-order valence-corrected chi connectivity index (χ0v) is 11.3. The molecule has 0 spiro atoms. The Balaban J connectivity index is 2.44. The first-order valence-electron chi connectivity index (χ1n) is 5.45. The minimum Gasteiger partial charge on any atom is -0.462 e. The first-order chi connectivity index (χ1) is 8.16. The largest absolute Gasteiger partial charge is 0.462 e. The van der Waals surface area contributed by atoms with Gasteiger partial charge in [-0.15, -0.1) is 0 Å². The van der Waals surface area contributed by atoms with Crippen molar-refractivity contribution >= 4 is 27.6 Å². The van der Waals surface area contributed by atoms with Gasteiger partial charge in [0.2, 0.25) is 0 Å². The minimum atomic E-state index is -0.374. The van der Waals surface area contributed by atoms with Gasteiger partial charge in [0, 0.05) is 25.3 Å². The maximum absolute atomic E-state index is 11.7. The zero-order chi connectivity index (χ0) is 12.7. The molecule has 0 bridgehead atoms. The molecule has 0 heterocycles. The van der Waals surface area contributed by atoms with Crippen LogP contribution in [0.2, 0.25) is 0 Å². The molecule has 0 amide bonds. The number of esters is 1. The summed E-state index contributed by atoms with van der Waals surface area (Å²) in [6.45, 7) is 3.55. The fourth-order valence-electron chi connectivity index (χ4n) is 1.26. The highest BCUT2D eigenvalue weighted by Crippen LogP contribution is 2.24. The van der Waals surface area contributed by atoms with Gasteiger partial charge in [0.05, 0.1) is 16.6 Å². The van der Waals surface area contributed by atoms with Crippen molar-refractivity contribution in [2.75, 3.05) is 25.6 Å². The molecular weight excluding hydrogens is 286 g/mol. The van der Waals surface area contributed by atoms with E-state index in [0.717, 1.165) is 0 Å². The number of carbonyl (C=O) groups excluding carboxylic acids is 1. The second-order valence-electron chi connectivity index (χ2n) is 3.40. The highest BCUT2D eigenvalue weighted by molar-refractivity contribution is 9.10. The van der Waals surface area contributed by atoms with E-state index in [9.17, 15) is 4.79 Å². The van der Waals surface area contributed by atoms with Crippen molar-refractivity contribution in [2.45, 2.75) is 13.3 Å². The number of benzene rings is 1. The van der Waals surface area contributed by atoms with E-state index in [1.165, 1.54) is 0 Å². The number of hydrogen-bond acceptors (Lipinski definition) is 4. The molecule has 5 heteroatoms. The Hall–Kier alpha value is -1.07. The van der Waals surface area contributed by atoms with Gasteiger partial charge in [-0.3, -0.25) is 0 Å². The summed E-state index contributed by atoms with van der Waals surface area (Å²) in [6, 6.07) is 5.11. The van der Waals surface area contributed by atoms with Gasteiger partial charge in [-0.1, -0.05) is 6.07 Å². The number of ether oxygens (including phenoxy) is 2. The first kappa shape index (κ1) is 14.0. The van der Waals surface area contributed by atoms with Crippen LogP contribution in [0.1, 0.15) is 23.7 Å². The number of rotatable bonds is 6. The molecule has 0 aliphatic heterocycles. The highest BCUT2D eigenvalue weighted by atomic mass is 79.9. The molecule has 17 heavy (non-hydrogen) atoms. The fourth-order valence-corrected chi connectivity index (χ4v) is 1.68. The van der Waals surface area contributed by atoms with Gasteiger partial charge in [0.25, 0.3) is 0 Å². The molecule has 0 radical (unpaired) electrons. The summed E-state index contributed by atoms with van der Waals surface area (Å²) in [5.41, 5.74) is 6.65. The van der Waals surface area contributed by atoms with Gasteiger partial charge in [0.15, 0.2) is 0 Å². The molecule has 0 saturated heterocycles. The maximum atomic E-state index is 11.7. The average Bonchev–Trinajstić information content (AvgIpc) is 2.32. The number of nitrogen functional groups attached to an aromatic ring is 1. The Morgan fingerprint density at radius 1 is 1.41 bits per heavy atom. The molecule has 1 aromatic rings. The van der Waals surface area contributed by atoms with E-state index in [1.807, 2.05) is 6.92 Å². The predicted molar refractivity (Wildman–Crippen MR) is 69.9 cm³/mol. The highest BCUT2D eigenvalue weighted by Gasteiger charge is 2.12. The first-order valence-corrected chi connectivity index (χ1v) is 6.25. The molecule has 0 saturated carbocycles. The fraction of sp³-hybridized carbons (Fsp3) is 0.417. The van der Waals surface area contributed by atoms with Crippen LogP contribution in [-0.2, 0) is 9.47 Å². The maximum Gasteiger partial charge on any atom is 0.339 e. The number of carbonyl (C=O) groups is 1. The van der Waals surface area contributed by atoms with E-state index in [0.29, 0.717) is 42.0 Å². The molecule has 0 unspecified atom stereocenters. The van der Waals surface area contributed by atoms with Crippen LogP contribution < -0.4 is 5.73 Å². The number of anilines is 1. The van der Waals surface area contributed by atoms with Crippen molar-refractivity contribution in [1.82, 2.24) is 0 Å². The predicted octanol–water partition coefficient (Wildman–Crippen LogP) is 2.61. The molecule has 1 aromatic carbocycles. The van der Waals surface area contributed by atoms with E-state index in [-0.39, 0.29) is 5.97 Å². The second kappa shape index (κ2) is 7.29. The van der Waals surface area contributed by atoms with Crippen LogP contribution in [0.15, 0.2) is 22.7 Å². The van der Waals surface area contributed by atoms with Crippen molar-refractivity contribution in [3.63, 3.8) is 0 Å². The van der Waals surface area contributed by atoms with E-state index in [1.54, 1.807) is 18.2 Å². The Bertz CT molecular complexity index is 382. The Labute approximate surface area is 109 Å². The lowest BCUT2D eigenvalue weighted by Crippen LogP contribution is -2.09. The van der Waals surface area contributed by atoms with Gasteiger partial charge in [-0.05, 0) is 35.0 Å². The third kappa shape index (κ3) is 4.36. The third-order valence-corrected chi connectivity index (χ3v) is 3.00. The summed E-state index contributed by atoms with van der Waals surface area (Å²) in [5.74, 6) is -0.374. The summed E-state index contributed by atoms with van der Waals surface area (Å²) in [6.07, 6.45) is 0.694. The third-order valence-electron chi connectivity index (χ3n) is 2.12. The molecule has 0 aromatic heterocycles. The van der Waals surface area contributed by atoms with Crippen LogP contribution in [0.4, 0.5) is 5.69 Å². The van der Waals surface area contributed by atoms with Crippen LogP contribution in [0.3, 0.4) is 0 Å². The average molecular weight is 302 g/mol. The van der Waals surface area contributed by atoms with Gasteiger partial charge in [0.1, 0.15) is 0 Å². The van der Waals surface area contributed by atoms with Crippen molar-refractivity contribution in [3.8, 4) is 0 Å². The molecule has 0 aliphatic rings. The lowest BCUT2D eigenvalue weighted by atomic mass is 10.2. The summed E-state index contributed by atoms with van der Waals surface area (Å²) < 4.78 is 10.8. The molecule has 1 rings (SSSR count). The van der Waals surface area contributed by atoms with E-state index in [4.69, 9.17) is 15.2 Å². The minimum absolute atomic E-state index is 0.347. The molecular formula is C12H16BrNO3. The topological polar surface area (TPSA) is 61.5 Å². The SMILES string of the molecule is CCOCCCOC(=O)c1cccc(N)c1Br. The van der Waals surface area contributed by atoms with Gasteiger partial charge >= 0.3 is 5.97 Å². The lowest BCUT2D eigenvalue weighted by molar-refractivity contribution is 0.0451. The summed E-state index contributed by atoms with van der Waals surface area (Å²) in [7, 11) is 0. The van der Waals surface area contributed by atoms with Crippen LogP contribution in [0, 0.1) is 0 Å². The van der Waals surface area contributed by atoms with Gasteiger partial charge in [-0.25, -0.2) is 4.79 Å². The Kier molecular flexibility index (Phi) is 6.00. The van der Waals surface area contributed by atoms with E-state index in [2.05, 4.69) is 15.9 Å². The normalized spacial score (nSPS) is 10.2. The van der Waals surface area contributed by atoms with Gasteiger partial charge in [-0.2, -0.15) is 0 Å². The van der Waals surface area contributed by atoms with Gasteiger partial charge < -0.3 is 15.2 Å². The van der Waals surface area contributed by atoms with Crippen molar-refractivity contribution in [3.05, 3.63) is 28.2 Å². The second-order valence-corrected chi connectivity index (χ2v) is 4.19. The van der Waals surface area contributed by atoms with E-state index >= 15 is 0 Å². The van der Waals surface area contributed by atoms with Crippen LogP contribution in [0.25, 0.3) is 0 Å². The van der Waals surface area contributed by atoms with Crippen molar-refractivity contribution in [2.24, 2.45) is 0 Å². The standard InChI is InChI=1S/C12H16BrNO3/c1-2-16-7-4-8-17-12(15)9-5-3-6-10(14)11(9)13/h3,5-6H,2,4,7-8,14H2,1H3. The number of hydrogen-bond donors (Lipinski definition) is 1. The van der Waals surface area contributed by atoms with Crippen molar-refractivity contribution < 1.29 is 14.3 Å². The number of halogens is 1. The quantitative estimate of drug-likeness (QED) is 0.498. The Morgan fingerprint density at radius 3 is 2.88 bits per heavy atom. The monoisotopic (exact) mass is 301 g/mol. The smallest absolute Gasteiger partial charge is 0.339 e. The Morgan fingerprint density at radius 2 is 2.18 bits per heavy atom. The summed E-state index contributed by atoms with van der Waals surface area (Å²) in [5, 5.41) is 0. The summed E-state index contributed by atoms with van der Waals surface area (Å²) in [4.78, 5) is 11.7. The van der Waals surface area contributed by atoms with Crippen LogP contribution in [-0.4, -0.2) is 25.8 Å². The van der Waals surface area contributed by atoms with Crippen LogP contribution >= 0.6 is 15.9 Å². The molecule has 0 atom stereocenters. The zero-order valence-electron chi connectivity index (χ0n) is 9.74. The molecule has 94 valence electrons. The molecule has 0 fully saturated rings. The van der Waals surface area contributed by atoms with Crippen molar-refractivity contribution in [1.29, 1.82) is 0 Å².